The number of carbonyl (C=O) groups is 1. The highest BCUT2D eigenvalue weighted by Crippen LogP contribution is 2.41. The second-order valence-corrected chi connectivity index (χ2v) is 12.5. The van der Waals surface area contributed by atoms with Gasteiger partial charge < -0.3 is 10.1 Å². The average molecular weight is 627 g/mol. The highest BCUT2D eigenvalue weighted by Gasteiger charge is 2.40. The highest BCUT2D eigenvalue weighted by molar-refractivity contribution is 7.89. The van der Waals surface area contributed by atoms with Gasteiger partial charge in [-0.1, -0.05) is 36.9 Å². The molecule has 4 rings (SSSR count). The number of amides is 1. The normalized spacial score (nSPS) is 18.5. The molecule has 1 saturated heterocycles. The van der Waals surface area contributed by atoms with Gasteiger partial charge in [0.1, 0.15) is 10.9 Å². The van der Waals surface area contributed by atoms with Crippen molar-refractivity contribution in [2.45, 2.75) is 88.0 Å². The van der Waals surface area contributed by atoms with E-state index >= 15 is 0 Å². The summed E-state index contributed by atoms with van der Waals surface area (Å²) in [6.07, 6.45) is -2.08. The average Bonchev–Trinajstić information content (AvgIpc) is 3.32. The van der Waals surface area contributed by atoms with E-state index in [1.807, 2.05) is 0 Å². The first-order valence-corrected chi connectivity index (χ1v) is 15.3. The number of benzene rings is 1. The Labute approximate surface area is 240 Å². The lowest BCUT2D eigenvalue weighted by Gasteiger charge is -2.23. The van der Waals surface area contributed by atoms with Gasteiger partial charge in [0.25, 0.3) is 12.3 Å². The van der Waals surface area contributed by atoms with Crippen LogP contribution < -0.4 is 10.0 Å². The van der Waals surface area contributed by atoms with Crippen molar-refractivity contribution in [3.05, 3.63) is 34.5 Å². The summed E-state index contributed by atoms with van der Waals surface area (Å²) in [5.74, 6) is -0.304. The molecule has 2 fully saturated rings. The number of alkyl halides is 5. The summed E-state index contributed by atoms with van der Waals surface area (Å²) in [6.45, 7) is 1.92. The molecule has 15 heteroatoms. The monoisotopic (exact) mass is 626 g/mol. The maximum atomic E-state index is 14.5. The number of nitrogens with one attached hydrogen (secondary N) is 2. The molecule has 1 atom stereocenters. The third-order valence-corrected chi connectivity index (χ3v) is 9.58. The van der Waals surface area contributed by atoms with E-state index < -0.39 is 50.1 Å². The van der Waals surface area contributed by atoms with Crippen LogP contribution in [0.1, 0.15) is 74.3 Å². The minimum Gasteiger partial charge on any atom is -0.381 e. The number of nitrogens with zero attached hydrogens (tertiary/aromatic N) is 2. The van der Waals surface area contributed by atoms with Crippen molar-refractivity contribution in [1.29, 1.82) is 0 Å². The number of sulfonamides is 1. The van der Waals surface area contributed by atoms with Crippen molar-refractivity contribution in [1.82, 2.24) is 19.8 Å². The van der Waals surface area contributed by atoms with E-state index in [1.54, 1.807) is 0 Å². The zero-order valence-electron chi connectivity index (χ0n) is 22.3. The number of halogens is 6. The summed E-state index contributed by atoms with van der Waals surface area (Å²) in [6, 6.07) is 0.689. The molecule has 0 radical (unpaired) electrons. The van der Waals surface area contributed by atoms with Crippen LogP contribution in [0.3, 0.4) is 0 Å². The Morgan fingerprint density at radius 3 is 2.41 bits per heavy atom. The predicted octanol–water partition coefficient (Wildman–Crippen LogP) is 5.86. The van der Waals surface area contributed by atoms with Gasteiger partial charge in [0.15, 0.2) is 5.69 Å². The van der Waals surface area contributed by atoms with Gasteiger partial charge in [-0.2, -0.15) is 23.0 Å². The summed E-state index contributed by atoms with van der Waals surface area (Å²) >= 11 is 6.18. The predicted molar refractivity (Wildman–Crippen MR) is 141 cm³/mol. The Hall–Kier alpha value is -2.29. The van der Waals surface area contributed by atoms with Crippen LogP contribution in [0.5, 0.6) is 0 Å². The Morgan fingerprint density at radius 2 is 1.80 bits per heavy atom. The summed E-state index contributed by atoms with van der Waals surface area (Å²) in [7, 11) is -4.92. The van der Waals surface area contributed by atoms with Gasteiger partial charge in [-0.25, -0.2) is 17.2 Å². The van der Waals surface area contributed by atoms with E-state index in [1.165, 1.54) is 15.5 Å². The number of carbonyl (C=O) groups excluding carboxylic acids is 1. The minimum absolute atomic E-state index is 0.00370. The fourth-order valence-corrected chi connectivity index (χ4v) is 7.05. The zero-order chi connectivity index (χ0) is 29.9. The number of aromatic nitrogens is 2. The van der Waals surface area contributed by atoms with E-state index in [2.05, 4.69) is 10.4 Å². The molecule has 1 aromatic heterocycles. The van der Waals surface area contributed by atoms with E-state index in [4.69, 9.17) is 16.3 Å². The Bertz CT molecular complexity index is 1340. The van der Waals surface area contributed by atoms with E-state index in [0.717, 1.165) is 44.2 Å². The van der Waals surface area contributed by atoms with Gasteiger partial charge in [-0.05, 0) is 50.7 Å². The molecule has 1 aliphatic heterocycles. The smallest absolute Gasteiger partial charge is 0.381 e. The lowest BCUT2D eigenvalue weighted by Crippen LogP contribution is -2.43. The van der Waals surface area contributed by atoms with Crippen molar-refractivity contribution in [2.24, 2.45) is 5.92 Å². The fraction of sp³-hybridized carbons (Fsp3) is 0.615. The van der Waals surface area contributed by atoms with Crippen LogP contribution in [0.15, 0.2) is 23.1 Å². The van der Waals surface area contributed by atoms with Gasteiger partial charge >= 0.3 is 6.18 Å². The third kappa shape index (κ3) is 7.57. The van der Waals surface area contributed by atoms with Crippen LogP contribution in [-0.2, 0) is 21.3 Å². The third-order valence-electron chi connectivity index (χ3n) is 7.48. The lowest BCUT2D eigenvalue weighted by atomic mass is 9.89. The van der Waals surface area contributed by atoms with Crippen LogP contribution >= 0.6 is 11.6 Å². The maximum absolute atomic E-state index is 14.5. The standard InChI is InChI=1S/C26H32ClF5N4O4S/c1-15(26(30,31)32)35-41(38,39)21-8-7-18(22(23(21)27)24(28)29)20-13-19(25(37)33-17-9-11-40-12-10-17)34-36(20)14-16-5-3-2-4-6-16/h7-8,13,15-17,24,35H,2-6,9-12,14H2,1H3,(H,33,37)/t15-/m0/s1. The van der Waals surface area contributed by atoms with Gasteiger partial charge in [0, 0.05) is 36.9 Å². The molecule has 1 aromatic carbocycles. The van der Waals surface area contributed by atoms with Crippen LogP contribution in [0.25, 0.3) is 11.3 Å². The number of rotatable bonds is 9. The van der Waals surface area contributed by atoms with Crippen molar-refractivity contribution >= 4 is 27.5 Å². The lowest BCUT2D eigenvalue weighted by molar-refractivity contribution is -0.147. The molecule has 2 heterocycles. The molecule has 228 valence electrons. The second-order valence-electron chi connectivity index (χ2n) is 10.5. The number of hydrogen-bond acceptors (Lipinski definition) is 5. The summed E-state index contributed by atoms with van der Waals surface area (Å²) in [5, 5.41) is 6.43. The van der Waals surface area contributed by atoms with Crippen molar-refractivity contribution < 1.29 is 39.9 Å². The summed E-state index contributed by atoms with van der Waals surface area (Å²) in [4.78, 5) is 12.2. The molecule has 1 amide bonds. The molecule has 41 heavy (non-hydrogen) atoms. The number of hydrogen-bond donors (Lipinski definition) is 2. The summed E-state index contributed by atoms with van der Waals surface area (Å²) < 4.78 is 102. The molecule has 0 bridgehead atoms. The topological polar surface area (TPSA) is 102 Å². The molecule has 2 aromatic rings. The largest absolute Gasteiger partial charge is 0.404 e. The SMILES string of the molecule is C[C@H](NS(=O)(=O)c1ccc(-c2cc(C(=O)NC3CCOCC3)nn2CC2CCCCC2)c(C(F)F)c1Cl)C(F)(F)F. The molecule has 2 aliphatic rings. The van der Waals surface area contributed by atoms with Gasteiger partial charge in [-0.3, -0.25) is 9.48 Å². The molecular weight excluding hydrogens is 595 g/mol. The first-order chi connectivity index (χ1) is 19.3. The van der Waals surface area contributed by atoms with Crippen LogP contribution in [0.2, 0.25) is 5.02 Å². The Morgan fingerprint density at radius 1 is 1.15 bits per heavy atom. The fourth-order valence-electron chi connectivity index (χ4n) is 5.18. The Kier molecular flexibility index (Phi) is 9.97. The van der Waals surface area contributed by atoms with Crippen molar-refractivity contribution in [2.75, 3.05) is 13.2 Å². The van der Waals surface area contributed by atoms with Crippen LogP contribution in [-0.4, -0.2) is 55.6 Å². The van der Waals surface area contributed by atoms with Gasteiger partial charge in [-0.15, -0.1) is 0 Å². The molecule has 1 saturated carbocycles. The zero-order valence-corrected chi connectivity index (χ0v) is 23.9. The minimum atomic E-state index is -4.92. The molecule has 0 unspecified atom stereocenters. The molecule has 0 spiro atoms. The first-order valence-electron chi connectivity index (χ1n) is 13.4. The number of ether oxygens (including phenoxy) is 1. The second kappa shape index (κ2) is 12.9. The molecule has 1 aliphatic carbocycles. The first kappa shape index (κ1) is 31.6. The maximum Gasteiger partial charge on any atom is 0.404 e. The quantitative estimate of drug-likeness (QED) is 0.340. The highest BCUT2D eigenvalue weighted by atomic mass is 35.5. The molecular formula is C26H32ClF5N4O4S. The van der Waals surface area contributed by atoms with E-state index in [9.17, 15) is 35.2 Å². The Balaban J connectivity index is 1.75. The van der Waals surface area contributed by atoms with E-state index in [-0.39, 0.29) is 28.9 Å². The molecule has 8 nitrogen and oxygen atoms in total. The van der Waals surface area contributed by atoms with E-state index in [0.29, 0.717) is 39.5 Å². The van der Waals surface area contributed by atoms with Crippen LogP contribution in [0.4, 0.5) is 22.0 Å². The summed E-state index contributed by atoms with van der Waals surface area (Å²) in [5.41, 5.74) is -0.918. The van der Waals surface area contributed by atoms with Crippen molar-refractivity contribution in [3.63, 3.8) is 0 Å². The molecule has 2 N–H and O–H groups in total. The van der Waals surface area contributed by atoms with Crippen LogP contribution in [0, 0.1) is 5.92 Å². The van der Waals surface area contributed by atoms with Crippen molar-refractivity contribution in [3.8, 4) is 11.3 Å². The van der Waals surface area contributed by atoms with Gasteiger partial charge in [0.05, 0.1) is 10.7 Å². The van der Waals surface area contributed by atoms with Gasteiger partial charge in [0.2, 0.25) is 10.0 Å².